The topological polar surface area (TPSA) is 52.3 Å². The molecule has 6 nitrogen and oxygen atoms in total. The van der Waals surface area contributed by atoms with Crippen molar-refractivity contribution < 1.29 is 22.3 Å². The largest absolute Gasteiger partial charge is 0.494 e. The van der Waals surface area contributed by atoms with E-state index in [1.165, 1.54) is 36.1 Å². The molecular weight excluding hydrogens is 488 g/mol. The Kier molecular flexibility index (Phi) is 6.43. The highest BCUT2D eigenvalue weighted by Crippen LogP contribution is 2.35. The summed E-state index contributed by atoms with van der Waals surface area (Å²) < 4.78 is 64.0. The van der Waals surface area contributed by atoms with E-state index < -0.39 is 23.4 Å². The number of aryl methyl sites for hydroxylation is 1. The number of nitrogens with zero attached hydrogens (tertiary/aromatic N) is 4. The van der Waals surface area contributed by atoms with Gasteiger partial charge in [0.1, 0.15) is 11.3 Å². The first-order valence-electron chi connectivity index (χ1n) is 12.0. The van der Waals surface area contributed by atoms with Crippen molar-refractivity contribution in [3.8, 4) is 5.75 Å². The van der Waals surface area contributed by atoms with E-state index in [1.807, 2.05) is 11.8 Å². The molecule has 2 aromatic carbocycles. The van der Waals surface area contributed by atoms with Crippen LogP contribution in [0.1, 0.15) is 35.6 Å². The molecule has 0 aliphatic carbocycles. The fourth-order valence-corrected chi connectivity index (χ4v) is 5.32. The highest BCUT2D eigenvalue weighted by atomic mass is 19.4. The number of fused-ring (bicyclic) bond motifs is 1. The van der Waals surface area contributed by atoms with Crippen LogP contribution in [0.15, 0.2) is 59.5 Å². The first-order chi connectivity index (χ1) is 17.7. The third kappa shape index (κ3) is 4.45. The fourth-order valence-electron chi connectivity index (χ4n) is 5.32. The van der Waals surface area contributed by atoms with Gasteiger partial charge in [-0.2, -0.15) is 17.6 Å². The number of hydrogen-bond donors (Lipinski definition) is 0. The standard InChI is InChI=1S/C27H26F4N4O2/c1-17-10-13-32-25(28)23(17)33-14-11-19(12-15-33)35-21-8-5-9-22(37-2)24(21)34(26(35)36)16-18-6-3-4-7-20(18)27(29,30)31/h3-10,13,19H,11-12,14-16H2,1-2H3. The molecule has 0 N–H and O–H groups in total. The zero-order chi connectivity index (χ0) is 26.3. The van der Waals surface area contributed by atoms with E-state index in [9.17, 15) is 22.4 Å². The number of anilines is 1. The van der Waals surface area contributed by atoms with Gasteiger partial charge < -0.3 is 9.64 Å². The molecule has 1 aliphatic heterocycles. The third-order valence-corrected chi connectivity index (χ3v) is 7.04. The number of rotatable bonds is 5. The summed E-state index contributed by atoms with van der Waals surface area (Å²) >= 11 is 0. The molecular formula is C27H26F4N4O2. The first-order valence-corrected chi connectivity index (χ1v) is 12.0. The highest BCUT2D eigenvalue weighted by Gasteiger charge is 2.34. The van der Waals surface area contributed by atoms with Gasteiger partial charge in [0.2, 0.25) is 5.95 Å². The minimum Gasteiger partial charge on any atom is -0.494 e. The Morgan fingerprint density at radius 3 is 2.46 bits per heavy atom. The second kappa shape index (κ2) is 9.57. The van der Waals surface area contributed by atoms with Gasteiger partial charge in [-0.25, -0.2) is 9.78 Å². The Labute approximate surface area is 210 Å². The summed E-state index contributed by atoms with van der Waals surface area (Å²) in [6.45, 7) is 2.59. The van der Waals surface area contributed by atoms with Crippen LogP contribution in [0.2, 0.25) is 0 Å². The summed E-state index contributed by atoms with van der Waals surface area (Å²) in [6, 6.07) is 12.0. The lowest BCUT2D eigenvalue weighted by Crippen LogP contribution is -2.38. The summed E-state index contributed by atoms with van der Waals surface area (Å²) in [7, 11) is 1.47. The SMILES string of the molecule is COc1cccc2c1n(Cc1ccccc1C(F)(F)F)c(=O)n2C1CCN(c2c(C)ccnc2F)CC1. The van der Waals surface area contributed by atoms with Crippen molar-refractivity contribution in [3.05, 3.63) is 87.9 Å². The lowest BCUT2D eigenvalue weighted by molar-refractivity contribution is -0.138. The van der Waals surface area contributed by atoms with Crippen LogP contribution in [0, 0.1) is 12.9 Å². The van der Waals surface area contributed by atoms with Gasteiger partial charge >= 0.3 is 11.9 Å². The van der Waals surface area contributed by atoms with Crippen molar-refractivity contribution in [2.24, 2.45) is 0 Å². The second-order valence-corrected chi connectivity index (χ2v) is 9.21. The van der Waals surface area contributed by atoms with Gasteiger partial charge in [0, 0.05) is 25.3 Å². The van der Waals surface area contributed by atoms with Gasteiger partial charge in [0.05, 0.1) is 30.4 Å². The second-order valence-electron chi connectivity index (χ2n) is 9.21. The zero-order valence-corrected chi connectivity index (χ0v) is 20.4. The molecule has 37 heavy (non-hydrogen) atoms. The summed E-state index contributed by atoms with van der Waals surface area (Å²) in [5.41, 5.74) is 1.10. The average Bonchev–Trinajstić information content (AvgIpc) is 3.15. The molecule has 0 saturated carbocycles. The number of pyridine rings is 1. The van der Waals surface area contributed by atoms with Gasteiger partial charge in [-0.05, 0) is 55.2 Å². The molecule has 5 rings (SSSR count). The van der Waals surface area contributed by atoms with Gasteiger partial charge in [0.15, 0.2) is 0 Å². The lowest BCUT2D eigenvalue weighted by Gasteiger charge is -2.34. The van der Waals surface area contributed by atoms with Gasteiger partial charge in [0.25, 0.3) is 0 Å². The van der Waals surface area contributed by atoms with Crippen molar-refractivity contribution in [3.63, 3.8) is 0 Å². The Morgan fingerprint density at radius 1 is 1.05 bits per heavy atom. The van der Waals surface area contributed by atoms with Crippen molar-refractivity contribution >= 4 is 16.7 Å². The Hall–Kier alpha value is -3.82. The molecule has 0 amide bonds. The minimum atomic E-state index is -4.55. The maximum absolute atomic E-state index is 14.4. The number of benzene rings is 2. The van der Waals surface area contributed by atoms with Crippen LogP contribution >= 0.6 is 0 Å². The Morgan fingerprint density at radius 2 is 1.78 bits per heavy atom. The number of methoxy groups -OCH3 is 1. The molecule has 1 saturated heterocycles. The molecule has 2 aromatic heterocycles. The van der Waals surface area contributed by atoms with Crippen molar-refractivity contribution in [1.29, 1.82) is 0 Å². The van der Waals surface area contributed by atoms with Crippen LogP contribution in [0.25, 0.3) is 11.0 Å². The summed E-state index contributed by atoms with van der Waals surface area (Å²) in [6.07, 6.45) is -2.00. The summed E-state index contributed by atoms with van der Waals surface area (Å²) in [5.74, 6) is -0.122. The fraction of sp³-hybridized carbons (Fsp3) is 0.333. The Bertz CT molecular complexity index is 1480. The first kappa shape index (κ1) is 24.9. The van der Waals surface area contributed by atoms with E-state index in [4.69, 9.17) is 4.74 Å². The van der Waals surface area contributed by atoms with E-state index in [2.05, 4.69) is 4.98 Å². The van der Waals surface area contributed by atoms with Crippen molar-refractivity contribution in [2.75, 3.05) is 25.1 Å². The van der Waals surface area contributed by atoms with Crippen LogP contribution in [-0.4, -0.2) is 34.3 Å². The number of para-hydroxylation sites is 1. The maximum Gasteiger partial charge on any atom is 0.416 e. The molecule has 4 aromatic rings. The van der Waals surface area contributed by atoms with Crippen LogP contribution < -0.4 is 15.3 Å². The Balaban J connectivity index is 1.55. The smallest absolute Gasteiger partial charge is 0.416 e. The quantitative estimate of drug-likeness (QED) is 0.258. The molecule has 0 spiro atoms. The molecule has 0 bridgehead atoms. The summed E-state index contributed by atoms with van der Waals surface area (Å²) in [5, 5.41) is 0. The molecule has 0 atom stereocenters. The molecule has 10 heteroatoms. The number of aromatic nitrogens is 3. The van der Waals surface area contributed by atoms with E-state index in [1.54, 1.807) is 28.8 Å². The van der Waals surface area contributed by atoms with E-state index in [-0.39, 0.29) is 18.2 Å². The normalized spacial score (nSPS) is 14.9. The van der Waals surface area contributed by atoms with Crippen molar-refractivity contribution in [1.82, 2.24) is 14.1 Å². The lowest BCUT2D eigenvalue weighted by atomic mass is 10.0. The van der Waals surface area contributed by atoms with E-state index in [0.717, 1.165) is 11.6 Å². The predicted molar refractivity (Wildman–Crippen MR) is 133 cm³/mol. The van der Waals surface area contributed by atoms with Crippen LogP contribution in [0.5, 0.6) is 5.75 Å². The molecule has 194 valence electrons. The maximum atomic E-state index is 14.4. The summed E-state index contributed by atoms with van der Waals surface area (Å²) in [4.78, 5) is 19.5. The van der Waals surface area contributed by atoms with Gasteiger partial charge in [-0.3, -0.25) is 9.13 Å². The molecule has 0 unspecified atom stereocenters. The average molecular weight is 515 g/mol. The van der Waals surface area contributed by atoms with Crippen LogP contribution in [0.4, 0.5) is 23.2 Å². The van der Waals surface area contributed by atoms with Crippen molar-refractivity contribution in [2.45, 2.75) is 38.5 Å². The zero-order valence-electron chi connectivity index (χ0n) is 20.4. The minimum absolute atomic E-state index is 0.000552. The van der Waals surface area contributed by atoms with Crippen LogP contribution in [0.3, 0.4) is 0 Å². The van der Waals surface area contributed by atoms with E-state index >= 15 is 0 Å². The third-order valence-electron chi connectivity index (χ3n) is 7.04. The number of piperidine rings is 1. The molecule has 1 fully saturated rings. The molecule has 1 aliphatic rings. The van der Waals surface area contributed by atoms with Crippen LogP contribution in [-0.2, 0) is 12.7 Å². The van der Waals surface area contributed by atoms with E-state index in [0.29, 0.717) is 48.4 Å². The number of imidazole rings is 1. The molecule has 0 radical (unpaired) electrons. The number of alkyl halides is 3. The number of halogens is 4. The molecule has 3 heterocycles. The number of ether oxygens (including phenoxy) is 1. The predicted octanol–water partition coefficient (Wildman–Crippen LogP) is 5.56. The van der Waals surface area contributed by atoms with Gasteiger partial charge in [-0.1, -0.05) is 24.3 Å². The monoisotopic (exact) mass is 514 g/mol. The van der Waals surface area contributed by atoms with Gasteiger partial charge in [-0.15, -0.1) is 0 Å². The highest BCUT2D eigenvalue weighted by molar-refractivity contribution is 5.83. The number of hydrogen-bond acceptors (Lipinski definition) is 4.